The summed E-state index contributed by atoms with van der Waals surface area (Å²) in [7, 11) is 0. The number of nitro benzene ring substituents is 1. The molecule has 0 heterocycles. The molecule has 1 N–H and O–H groups in total. The van der Waals surface area contributed by atoms with Gasteiger partial charge in [-0.15, -0.1) is 0 Å². The summed E-state index contributed by atoms with van der Waals surface area (Å²) in [6.45, 7) is 1.52. The van der Waals surface area contributed by atoms with Crippen molar-refractivity contribution in [2.75, 3.05) is 0 Å². The molecular weight excluding hydrogens is 339 g/mol. The average Bonchev–Trinajstić information content (AvgIpc) is 2.54. The lowest BCUT2D eigenvalue weighted by molar-refractivity contribution is -0.385. The fraction of sp³-hybridized carbons (Fsp3) is 0.125. The number of amides is 1. The monoisotopic (exact) mass is 351 g/mol. The SMILES string of the molecule is Cc1ccc(C(=O)N/N=C/c2ccccc2C(F)(F)F)cc1[N+](=O)[O-]. The van der Waals surface area contributed by atoms with Crippen LogP contribution in [0.5, 0.6) is 0 Å². The summed E-state index contributed by atoms with van der Waals surface area (Å²) in [5.74, 6) is -0.774. The Morgan fingerprint density at radius 1 is 1.24 bits per heavy atom. The third-order valence-corrected chi connectivity index (χ3v) is 3.30. The molecule has 0 aliphatic heterocycles. The first-order valence-corrected chi connectivity index (χ1v) is 6.95. The van der Waals surface area contributed by atoms with Crippen LogP contribution in [0.4, 0.5) is 18.9 Å². The van der Waals surface area contributed by atoms with E-state index in [1.165, 1.54) is 37.3 Å². The fourth-order valence-electron chi connectivity index (χ4n) is 2.04. The zero-order chi connectivity index (χ0) is 18.6. The second-order valence-electron chi connectivity index (χ2n) is 5.04. The van der Waals surface area contributed by atoms with Crippen LogP contribution >= 0.6 is 0 Å². The van der Waals surface area contributed by atoms with Crippen molar-refractivity contribution in [1.82, 2.24) is 5.43 Å². The second kappa shape index (κ2) is 7.12. The highest BCUT2D eigenvalue weighted by atomic mass is 19.4. The Bertz CT molecular complexity index is 848. The lowest BCUT2D eigenvalue weighted by Crippen LogP contribution is -2.18. The fourth-order valence-corrected chi connectivity index (χ4v) is 2.04. The van der Waals surface area contributed by atoms with E-state index < -0.39 is 22.6 Å². The summed E-state index contributed by atoms with van der Waals surface area (Å²) in [4.78, 5) is 22.2. The van der Waals surface area contributed by atoms with Crippen LogP contribution in [-0.4, -0.2) is 17.0 Å². The molecule has 0 spiro atoms. The third-order valence-electron chi connectivity index (χ3n) is 3.30. The number of nitrogens with zero attached hydrogens (tertiary/aromatic N) is 2. The number of hydrogen-bond acceptors (Lipinski definition) is 4. The molecule has 0 bridgehead atoms. The number of rotatable bonds is 4. The Morgan fingerprint density at radius 3 is 2.56 bits per heavy atom. The number of aryl methyl sites for hydroxylation is 1. The minimum atomic E-state index is -4.55. The first-order valence-electron chi connectivity index (χ1n) is 6.95. The largest absolute Gasteiger partial charge is 0.417 e. The van der Waals surface area contributed by atoms with E-state index in [-0.39, 0.29) is 16.8 Å². The van der Waals surface area contributed by atoms with Gasteiger partial charge in [-0.25, -0.2) is 5.43 Å². The van der Waals surface area contributed by atoms with Gasteiger partial charge in [0.15, 0.2) is 0 Å². The summed E-state index contributed by atoms with van der Waals surface area (Å²) >= 11 is 0. The van der Waals surface area contributed by atoms with Crippen molar-refractivity contribution in [3.63, 3.8) is 0 Å². The van der Waals surface area contributed by atoms with Gasteiger partial charge in [0.25, 0.3) is 11.6 Å². The molecular formula is C16H12F3N3O3. The Balaban J connectivity index is 2.17. The summed E-state index contributed by atoms with van der Waals surface area (Å²) in [5, 5.41) is 14.4. The van der Waals surface area contributed by atoms with Gasteiger partial charge in [-0.05, 0) is 19.1 Å². The minimum absolute atomic E-state index is 0.0291. The van der Waals surface area contributed by atoms with E-state index in [1.54, 1.807) is 0 Å². The Kier molecular flexibility index (Phi) is 5.16. The number of halogens is 3. The van der Waals surface area contributed by atoms with Gasteiger partial charge in [-0.1, -0.05) is 24.3 Å². The molecule has 6 nitrogen and oxygen atoms in total. The average molecular weight is 351 g/mol. The molecule has 2 aromatic rings. The molecule has 0 unspecified atom stereocenters. The maximum Gasteiger partial charge on any atom is 0.417 e. The van der Waals surface area contributed by atoms with Gasteiger partial charge < -0.3 is 0 Å². The van der Waals surface area contributed by atoms with Crippen LogP contribution in [-0.2, 0) is 6.18 Å². The van der Waals surface area contributed by atoms with Crippen LogP contribution in [0, 0.1) is 17.0 Å². The zero-order valence-electron chi connectivity index (χ0n) is 12.9. The lowest BCUT2D eigenvalue weighted by Gasteiger charge is -2.09. The number of carbonyl (C=O) groups is 1. The Labute approximate surface area is 140 Å². The maximum atomic E-state index is 12.8. The van der Waals surface area contributed by atoms with Crippen molar-refractivity contribution in [3.8, 4) is 0 Å². The van der Waals surface area contributed by atoms with Gasteiger partial charge in [0, 0.05) is 22.8 Å². The number of alkyl halides is 3. The molecule has 0 fully saturated rings. The quantitative estimate of drug-likeness (QED) is 0.518. The summed E-state index contributed by atoms with van der Waals surface area (Å²) in [6.07, 6.45) is -3.69. The highest BCUT2D eigenvalue weighted by molar-refractivity contribution is 5.95. The first kappa shape index (κ1) is 18.1. The Hall–Kier alpha value is -3.23. The highest BCUT2D eigenvalue weighted by Gasteiger charge is 2.32. The van der Waals surface area contributed by atoms with E-state index in [9.17, 15) is 28.1 Å². The lowest BCUT2D eigenvalue weighted by atomic mass is 10.1. The van der Waals surface area contributed by atoms with Crippen LogP contribution < -0.4 is 5.43 Å². The predicted molar refractivity (Wildman–Crippen MR) is 84.3 cm³/mol. The van der Waals surface area contributed by atoms with E-state index in [2.05, 4.69) is 10.5 Å². The number of benzene rings is 2. The van der Waals surface area contributed by atoms with Gasteiger partial charge in [-0.2, -0.15) is 18.3 Å². The molecule has 130 valence electrons. The zero-order valence-corrected chi connectivity index (χ0v) is 12.9. The van der Waals surface area contributed by atoms with Crippen molar-refractivity contribution in [2.24, 2.45) is 5.10 Å². The smallest absolute Gasteiger partial charge is 0.267 e. The van der Waals surface area contributed by atoms with Crippen molar-refractivity contribution >= 4 is 17.8 Å². The van der Waals surface area contributed by atoms with E-state index in [1.807, 2.05) is 0 Å². The first-order chi connectivity index (χ1) is 11.7. The Morgan fingerprint density at radius 2 is 1.92 bits per heavy atom. The number of hydrogen-bond donors (Lipinski definition) is 1. The number of nitrogens with one attached hydrogen (secondary N) is 1. The molecule has 0 radical (unpaired) electrons. The highest BCUT2D eigenvalue weighted by Crippen LogP contribution is 2.31. The molecule has 0 aliphatic carbocycles. The van der Waals surface area contributed by atoms with Crippen LogP contribution in [0.25, 0.3) is 0 Å². The molecule has 2 aromatic carbocycles. The van der Waals surface area contributed by atoms with Crippen LogP contribution in [0.1, 0.15) is 27.0 Å². The summed E-state index contributed by atoms with van der Waals surface area (Å²) in [6, 6.07) is 8.57. The van der Waals surface area contributed by atoms with E-state index in [0.29, 0.717) is 5.56 Å². The second-order valence-corrected chi connectivity index (χ2v) is 5.04. The van der Waals surface area contributed by atoms with Gasteiger partial charge in [0.05, 0.1) is 16.7 Å². The number of carbonyl (C=O) groups excluding carboxylic acids is 1. The van der Waals surface area contributed by atoms with E-state index >= 15 is 0 Å². The van der Waals surface area contributed by atoms with E-state index in [0.717, 1.165) is 18.3 Å². The minimum Gasteiger partial charge on any atom is -0.267 e. The molecule has 0 aliphatic rings. The number of nitro groups is 1. The summed E-state index contributed by atoms with van der Waals surface area (Å²) in [5.41, 5.74) is 1.06. The normalized spacial score (nSPS) is 11.5. The molecule has 2 rings (SSSR count). The standard InChI is InChI=1S/C16H12F3N3O3/c1-10-6-7-11(8-14(10)22(24)25)15(23)21-20-9-12-4-2-3-5-13(12)16(17,18)19/h2-9H,1H3,(H,21,23)/b20-9+. The molecule has 0 aromatic heterocycles. The van der Waals surface area contributed by atoms with Crippen molar-refractivity contribution in [3.05, 3.63) is 74.8 Å². The van der Waals surface area contributed by atoms with Crippen molar-refractivity contribution < 1.29 is 22.9 Å². The number of hydrazone groups is 1. The molecule has 9 heteroatoms. The van der Waals surface area contributed by atoms with Crippen LogP contribution in [0.15, 0.2) is 47.6 Å². The molecule has 1 amide bonds. The predicted octanol–water partition coefficient (Wildman–Crippen LogP) is 3.69. The van der Waals surface area contributed by atoms with Gasteiger partial charge in [0.1, 0.15) is 0 Å². The van der Waals surface area contributed by atoms with Gasteiger partial charge >= 0.3 is 6.18 Å². The van der Waals surface area contributed by atoms with Crippen LogP contribution in [0.2, 0.25) is 0 Å². The third kappa shape index (κ3) is 4.40. The van der Waals surface area contributed by atoms with Crippen molar-refractivity contribution in [1.29, 1.82) is 0 Å². The van der Waals surface area contributed by atoms with Gasteiger partial charge in [0.2, 0.25) is 0 Å². The van der Waals surface area contributed by atoms with Crippen molar-refractivity contribution in [2.45, 2.75) is 13.1 Å². The molecule has 25 heavy (non-hydrogen) atoms. The molecule has 0 saturated heterocycles. The summed E-state index contributed by atoms with van der Waals surface area (Å²) < 4.78 is 38.5. The van der Waals surface area contributed by atoms with Gasteiger partial charge in [-0.3, -0.25) is 14.9 Å². The van der Waals surface area contributed by atoms with E-state index in [4.69, 9.17) is 0 Å². The molecule has 0 saturated carbocycles. The van der Waals surface area contributed by atoms with Crippen LogP contribution in [0.3, 0.4) is 0 Å². The molecule has 0 atom stereocenters. The maximum absolute atomic E-state index is 12.8. The topological polar surface area (TPSA) is 84.6 Å².